The summed E-state index contributed by atoms with van der Waals surface area (Å²) in [7, 11) is 2.56. The molecular weight excluding hydrogens is 725 g/mol. The quantitative estimate of drug-likeness (QED) is 0.113. The van der Waals surface area contributed by atoms with Crippen molar-refractivity contribution in [1.82, 2.24) is 40.4 Å². The minimum Gasteiger partial charge on any atom is -0.453 e. The van der Waals surface area contributed by atoms with Crippen molar-refractivity contribution < 1.29 is 28.7 Å². The first-order chi connectivity index (χ1) is 27.6. The Kier molecular flexibility index (Phi) is 11.7. The maximum absolute atomic E-state index is 13.5. The second-order valence-corrected chi connectivity index (χ2v) is 14.7. The number of nitrogens with zero attached hydrogens (tertiary/aromatic N) is 4. The van der Waals surface area contributed by atoms with Gasteiger partial charge in [-0.3, -0.25) is 9.59 Å². The summed E-state index contributed by atoms with van der Waals surface area (Å²) < 4.78 is 9.34. The van der Waals surface area contributed by atoms with Crippen LogP contribution in [0.1, 0.15) is 63.3 Å². The van der Waals surface area contributed by atoms with E-state index in [0.29, 0.717) is 13.1 Å². The molecule has 0 bridgehead atoms. The molecule has 1 unspecified atom stereocenters. The molecule has 14 nitrogen and oxygen atoms in total. The van der Waals surface area contributed by atoms with E-state index in [1.165, 1.54) is 14.2 Å². The highest BCUT2D eigenvalue weighted by Crippen LogP contribution is 2.35. The molecule has 2 aliphatic rings. The summed E-state index contributed by atoms with van der Waals surface area (Å²) in [5.74, 6) is 1.05. The Morgan fingerprint density at radius 3 is 1.53 bits per heavy atom. The molecule has 57 heavy (non-hydrogen) atoms. The maximum Gasteiger partial charge on any atom is 0.407 e. The number of imidazole rings is 2. The summed E-state index contributed by atoms with van der Waals surface area (Å²) in [4.78, 5) is 69.4. The Hall–Kier alpha value is -6.44. The van der Waals surface area contributed by atoms with Crippen molar-refractivity contribution in [2.75, 3.05) is 33.9 Å². The fourth-order valence-electron chi connectivity index (χ4n) is 7.71. The van der Waals surface area contributed by atoms with Crippen LogP contribution in [0.3, 0.4) is 0 Å². The van der Waals surface area contributed by atoms with Crippen LogP contribution < -0.4 is 10.6 Å². The van der Waals surface area contributed by atoms with Gasteiger partial charge in [0, 0.05) is 13.1 Å². The molecule has 4 amide bonds. The number of rotatable bonds is 11. The number of nitrogens with one attached hydrogen (secondary N) is 4. The van der Waals surface area contributed by atoms with Gasteiger partial charge in [-0.1, -0.05) is 86.6 Å². The third kappa shape index (κ3) is 8.54. The molecular formula is C43H48N8O6. The molecule has 2 aromatic heterocycles. The third-order valence-electron chi connectivity index (χ3n) is 10.8. The number of ether oxygens (including phenoxy) is 2. The average molecular weight is 773 g/mol. The number of carbonyl (C=O) groups is 4. The number of aromatic amines is 2. The van der Waals surface area contributed by atoms with Gasteiger partial charge in [-0.15, -0.1) is 0 Å². The molecule has 3 atom stereocenters. The first-order valence-corrected chi connectivity index (χ1v) is 19.3. The van der Waals surface area contributed by atoms with E-state index in [1.54, 1.807) is 11.1 Å². The van der Waals surface area contributed by atoms with Crippen molar-refractivity contribution in [2.24, 2.45) is 5.92 Å². The molecule has 4 N–H and O–H groups in total. The monoisotopic (exact) mass is 772 g/mol. The molecule has 296 valence electrons. The van der Waals surface area contributed by atoms with E-state index in [1.807, 2.05) is 24.9 Å². The van der Waals surface area contributed by atoms with Gasteiger partial charge >= 0.3 is 12.2 Å². The van der Waals surface area contributed by atoms with Crippen molar-refractivity contribution in [3.8, 4) is 44.8 Å². The predicted octanol–water partition coefficient (Wildman–Crippen LogP) is 6.86. The Morgan fingerprint density at radius 2 is 1.09 bits per heavy atom. The highest BCUT2D eigenvalue weighted by atomic mass is 16.5. The van der Waals surface area contributed by atoms with E-state index in [2.05, 4.69) is 108 Å². The summed E-state index contributed by atoms with van der Waals surface area (Å²) in [6.45, 7) is 4.90. The van der Waals surface area contributed by atoms with Crippen molar-refractivity contribution in [2.45, 2.75) is 57.7 Å². The highest BCUT2D eigenvalue weighted by Gasteiger charge is 2.37. The van der Waals surface area contributed by atoms with Gasteiger partial charge in [0.2, 0.25) is 11.8 Å². The van der Waals surface area contributed by atoms with E-state index >= 15 is 0 Å². The van der Waals surface area contributed by atoms with Crippen molar-refractivity contribution in [3.05, 3.63) is 96.8 Å². The Bertz CT molecular complexity index is 2200. The summed E-state index contributed by atoms with van der Waals surface area (Å²) in [5, 5.41) is 5.16. The van der Waals surface area contributed by atoms with Gasteiger partial charge in [-0.05, 0) is 65.0 Å². The van der Waals surface area contributed by atoms with Crippen LogP contribution in [0.15, 0.2) is 85.2 Å². The number of amides is 4. The molecule has 2 saturated heterocycles. The van der Waals surface area contributed by atoms with E-state index in [0.717, 1.165) is 82.1 Å². The van der Waals surface area contributed by atoms with E-state index < -0.39 is 18.2 Å². The van der Waals surface area contributed by atoms with E-state index in [-0.39, 0.29) is 36.4 Å². The fraction of sp³-hybridized carbons (Fsp3) is 0.349. The first-order valence-electron chi connectivity index (χ1n) is 19.3. The first kappa shape index (κ1) is 38.8. The van der Waals surface area contributed by atoms with Crippen LogP contribution in [0, 0.1) is 5.92 Å². The fourth-order valence-corrected chi connectivity index (χ4v) is 7.71. The van der Waals surface area contributed by atoms with Crippen LogP contribution >= 0.6 is 0 Å². The number of aromatic nitrogens is 4. The van der Waals surface area contributed by atoms with Crippen LogP contribution in [0.5, 0.6) is 0 Å². The van der Waals surface area contributed by atoms with E-state index in [4.69, 9.17) is 4.74 Å². The molecule has 0 radical (unpaired) electrons. The maximum atomic E-state index is 13.5. The smallest absolute Gasteiger partial charge is 0.407 e. The number of H-pyrrole nitrogens is 2. The van der Waals surface area contributed by atoms with E-state index in [9.17, 15) is 19.2 Å². The molecule has 5 aromatic rings. The SMILES string of the molecule is COC(=O)NCC(=O)N1CCC[C@H]1c1ncc(-c2ccc(-c3ccc(-c4ccc(-c5cnc([C@@H]6CCCN6C(=O)C(NC(=O)OC)C(C)C)[nH]5)cc4)cc3)cc2)[nH]1. The zero-order valence-corrected chi connectivity index (χ0v) is 32.6. The number of alkyl carbamates (subject to hydrolysis) is 2. The van der Waals surface area contributed by atoms with Gasteiger partial charge in [0.05, 0.1) is 50.1 Å². The number of carbonyl (C=O) groups excluding carboxylic acids is 4. The van der Waals surface area contributed by atoms with Crippen molar-refractivity contribution in [1.29, 1.82) is 0 Å². The lowest BCUT2D eigenvalue weighted by atomic mass is 9.98. The highest BCUT2D eigenvalue weighted by molar-refractivity contribution is 5.86. The Morgan fingerprint density at radius 1 is 0.667 bits per heavy atom. The molecule has 14 heteroatoms. The zero-order valence-electron chi connectivity index (χ0n) is 32.6. The molecule has 7 rings (SSSR count). The summed E-state index contributed by atoms with van der Waals surface area (Å²) in [6.07, 6.45) is 5.65. The van der Waals surface area contributed by atoms with Crippen LogP contribution in [-0.2, 0) is 19.1 Å². The average Bonchev–Trinajstić information content (AvgIpc) is 4.08. The lowest BCUT2D eigenvalue weighted by molar-refractivity contribution is -0.135. The van der Waals surface area contributed by atoms with Crippen LogP contribution in [-0.4, -0.2) is 93.6 Å². The largest absolute Gasteiger partial charge is 0.453 e. The molecule has 4 heterocycles. The van der Waals surface area contributed by atoms with Gasteiger partial charge < -0.3 is 39.9 Å². The number of likely N-dealkylation sites (tertiary alicyclic amines) is 2. The summed E-state index contributed by atoms with van der Waals surface area (Å²) >= 11 is 0. The zero-order chi connectivity index (χ0) is 40.1. The number of hydrogen-bond donors (Lipinski definition) is 4. The standard InChI is InChI=1S/C43H48N8O6/c1-26(2)38(49-43(55)57-4)41(53)51-22-6-8-36(51)40-45-24-34(48-40)32-19-15-30(16-20-32)28-11-9-27(10-12-28)29-13-17-31(18-14-29)33-23-44-39(47-33)35-7-5-21-50(35)37(52)25-46-42(54)56-3/h9-20,23-24,26,35-36,38H,5-8,21-22,25H2,1-4H3,(H,44,47)(H,45,48)(H,46,54)(H,49,55)/t35-,36-,38?/m0/s1. The number of benzene rings is 3. The van der Waals surface area contributed by atoms with Crippen LogP contribution in [0.2, 0.25) is 0 Å². The lowest BCUT2D eigenvalue weighted by Gasteiger charge is -2.30. The Labute approximate surface area is 331 Å². The Balaban J connectivity index is 0.971. The number of methoxy groups -OCH3 is 2. The topological polar surface area (TPSA) is 175 Å². The lowest BCUT2D eigenvalue weighted by Crippen LogP contribution is -2.51. The normalized spacial score (nSPS) is 17.1. The van der Waals surface area contributed by atoms with Gasteiger partial charge in [0.1, 0.15) is 24.2 Å². The van der Waals surface area contributed by atoms with Crippen LogP contribution in [0.4, 0.5) is 9.59 Å². The van der Waals surface area contributed by atoms with Crippen LogP contribution in [0.25, 0.3) is 44.8 Å². The predicted molar refractivity (Wildman–Crippen MR) is 214 cm³/mol. The van der Waals surface area contributed by atoms with Gasteiger partial charge in [-0.25, -0.2) is 19.6 Å². The summed E-state index contributed by atoms with van der Waals surface area (Å²) in [5.41, 5.74) is 8.08. The minimum atomic E-state index is -0.683. The molecule has 2 fully saturated rings. The van der Waals surface area contributed by atoms with Gasteiger partial charge in [0.15, 0.2) is 0 Å². The molecule has 0 spiro atoms. The molecule has 2 aliphatic heterocycles. The number of hydrogen-bond acceptors (Lipinski definition) is 8. The molecule has 0 aliphatic carbocycles. The third-order valence-corrected chi connectivity index (χ3v) is 10.8. The molecule has 0 saturated carbocycles. The van der Waals surface area contributed by atoms with Crippen molar-refractivity contribution in [3.63, 3.8) is 0 Å². The summed E-state index contributed by atoms with van der Waals surface area (Å²) in [6, 6.07) is 24.0. The second-order valence-electron chi connectivity index (χ2n) is 14.7. The van der Waals surface area contributed by atoms with Gasteiger partial charge in [-0.2, -0.15) is 0 Å². The van der Waals surface area contributed by atoms with Gasteiger partial charge in [0.25, 0.3) is 0 Å². The molecule has 3 aromatic carbocycles. The minimum absolute atomic E-state index is 0.100. The van der Waals surface area contributed by atoms with Crippen molar-refractivity contribution >= 4 is 24.0 Å². The second kappa shape index (κ2) is 17.1.